The van der Waals surface area contributed by atoms with Gasteiger partial charge in [0, 0.05) is 74.6 Å². The van der Waals surface area contributed by atoms with Crippen LogP contribution in [0.15, 0.2) is 24.0 Å². The van der Waals surface area contributed by atoms with E-state index in [2.05, 4.69) is 173 Å². The van der Waals surface area contributed by atoms with Gasteiger partial charge in [-0.3, -0.25) is 24.0 Å². The Morgan fingerprint density at radius 2 is 0.618 bits per heavy atom. The van der Waals surface area contributed by atoms with E-state index < -0.39 is 0 Å². The molecule has 5 aromatic rings. The molecule has 0 bridgehead atoms. The van der Waals surface area contributed by atoms with Crippen molar-refractivity contribution in [3.8, 4) is 0 Å². The lowest BCUT2D eigenvalue weighted by Gasteiger charge is -2.30. The monoisotopic (exact) mass is 1330 g/mol. The van der Waals surface area contributed by atoms with E-state index in [0.29, 0.717) is 29.1 Å². The summed E-state index contributed by atoms with van der Waals surface area (Å²) in [5, 5.41) is 16.0. The van der Waals surface area contributed by atoms with E-state index in [-0.39, 0.29) is 54.2 Å². The van der Waals surface area contributed by atoms with Gasteiger partial charge >= 0.3 is 0 Å². The molecule has 0 amide bonds. The number of rotatable bonds is 30. The highest BCUT2D eigenvalue weighted by atomic mass is 32.1. The van der Waals surface area contributed by atoms with Crippen LogP contribution in [-0.4, -0.2) is 131 Å². The summed E-state index contributed by atoms with van der Waals surface area (Å²) in [7, 11) is 14.1. The number of nitrogens with zero attached hydrogens (tertiary/aromatic N) is 4. The van der Waals surface area contributed by atoms with Gasteiger partial charge in [0.1, 0.15) is 0 Å². The van der Waals surface area contributed by atoms with Gasteiger partial charge in [-0.15, -0.1) is 0 Å². The molecule has 15 nitrogen and oxygen atoms in total. The van der Waals surface area contributed by atoms with E-state index in [1.807, 2.05) is 33.1 Å². The van der Waals surface area contributed by atoms with Gasteiger partial charge < -0.3 is 51.9 Å². The Morgan fingerprint density at radius 3 is 0.899 bits per heavy atom. The van der Waals surface area contributed by atoms with Crippen LogP contribution in [0.5, 0.6) is 0 Å². The van der Waals surface area contributed by atoms with E-state index in [1.54, 1.807) is 0 Å². The Labute approximate surface area is 562 Å². The van der Waals surface area contributed by atoms with E-state index in [9.17, 15) is 24.0 Å². The second-order valence-electron chi connectivity index (χ2n) is 29.1. The second-order valence-corrected chi connectivity index (χ2v) is 31.1. The van der Waals surface area contributed by atoms with Crippen molar-refractivity contribution in [1.82, 2.24) is 20.4 Å². The highest BCUT2D eigenvalue weighted by Gasteiger charge is 2.33. The van der Waals surface area contributed by atoms with Gasteiger partial charge in [0.2, 0.25) is 27.1 Å². The topological polar surface area (TPSA) is 184 Å². The summed E-state index contributed by atoms with van der Waals surface area (Å²) in [6, 6.07) is 0. The van der Waals surface area contributed by atoms with Crippen molar-refractivity contribution in [2.24, 2.45) is 5.73 Å². The summed E-state index contributed by atoms with van der Waals surface area (Å²) in [6.45, 7) is 43.9. The lowest BCUT2D eigenvalue weighted by atomic mass is 9.82. The van der Waals surface area contributed by atoms with Crippen LogP contribution in [0.4, 0.5) is 28.4 Å². The maximum atomic E-state index is 11.9. The Hall–Kier alpha value is -3.70. The lowest BCUT2D eigenvalue weighted by molar-refractivity contribution is 0.345. The average molecular weight is 1330 g/mol. The summed E-state index contributed by atoms with van der Waals surface area (Å²) < 4.78 is 2.58. The van der Waals surface area contributed by atoms with Gasteiger partial charge in [-0.2, -0.15) is 0 Å². The molecule has 89 heavy (non-hydrogen) atoms. The fourth-order valence-electron chi connectivity index (χ4n) is 10.4. The molecule has 0 atom stereocenters. The third kappa shape index (κ3) is 25.3. The standard InChI is InChI=1S/C15H26N2OS.2C14H24N2OS.2C13H22N2OS/c1-6-17(5)10-8-7-9-16-12-11(15(2,3)4)14(19)13(12)18;1-14(2,3)10-11(12(17)13(10)18)15-8-6-7-9-16(4)5;1-14(2,3)10-11(12(17)13(10)18)16(5)9-7-6-8-15-4;1-13(2,3)9-10(11(16)12(9)17)15(4)8-6-5-7-14;1-13(2,3)9-10(11(16)12(9)17)15-8-6-5-7-14-4/h16H,6-10H2,1-5H3;2*15H,6-9H2,1-5H3;5-8,14H2,1-4H3;14-15H,5-8H2,1-4H3. The zero-order valence-corrected chi connectivity index (χ0v) is 63.4. The molecule has 5 aromatic carbocycles. The van der Waals surface area contributed by atoms with Crippen LogP contribution < -0.4 is 69.3 Å². The Kier molecular flexibility index (Phi) is 35.4. The lowest BCUT2D eigenvalue weighted by Crippen LogP contribution is -2.35. The van der Waals surface area contributed by atoms with Crippen molar-refractivity contribution in [2.75, 3.05) is 147 Å². The minimum atomic E-state index is -0.0531. The molecule has 0 aliphatic heterocycles. The van der Waals surface area contributed by atoms with Gasteiger partial charge in [0.15, 0.2) is 0 Å². The largest absolute Gasteiger partial charge is 0.382 e. The zero-order chi connectivity index (χ0) is 68.7. The van der Waals surface area contributed by atoms with Crippen LogP contribution in [0.3, 0.4) is 0 Å². The number of anilines is 5. The number of unbranched alkanes of at least 4 members (excludes halogenated alkanes) is 5. The molecule has 0 saturated heterocycles. The average Bonchev–Trinajstić information content (AvgIpc) is 0.947. The summed E-state index contributed by atoms with van der Waals surface area (Å²) >= 11 is 25.7. The summed E-state index contributed by atoms with van der Waals surface area (Å²) in [5.41, 5.74) is 14.4. The minimum absolute atomic E-state index is 0.0125. The molecule has 0 aliphatic carbocycles. The zero-order valence-electron chi connectivity index (χ0n) is 59.3. The molecule has 20 heteroatoms. The van der Waals surface area contributed by atoms with Crippen molar-refractivity contribution in [3.05, 3.63) is 101 Å². The predicted octanol–water partition coefficient (Wildman–Crippen LogP) is 12.7. The highest BCUT2D eigenvalue weighted by molar-refractivity contribution is 7.72. The van der Waals surface area contributed by atoms with Crippen LogP contribution in [0, 0.1) is 22.6 Å². The molecule has 504 valence electrons. The summed E-state index contributed by atoms with van der Waals surface area (Å²) in [4.78, 5) is 67.4. The van der Waals surface area contributed by atoms with Gasteiger partial charge in [0.25, 0.3) is 0 Å². The molecule has 0 aromatic heterocycles. The molecule has 5 rings (SSSR count). The summed E-state index contributed by atoms with van der Waals surface area (Å²) in [6.07, 6.45) is 10.8. The Morgan fingerprint density at radius 1 is 0.360 bits per heavy atom. The van der Waals surface area contributed by atoms with Gasteiger partial charge in [-0.05, 0) is 166 Å². The number of nitrogens with one attached hydrogen (secondary N) is 5. The Balaban J connectivity index is 0.000000557. The first-order valence-corrected chi connectivity index (χ1v) is 34.2. The fourth-order valence-corrected chi connectivity index (χ4v) is 12.9. The molecule has 0 radical (unpaired) electrons. The molecule has 0 spiro atoms. The van der Waals surface area contributed by atoms with Crippen LogP contribution in [0.1, 0.15) is 203 Å². The quantitative estimate of drug-likeness (QED) is 0.0188. The SMILES string of the molecule is CCN(C)CCCCNc1c(C(C)(C)C)c(=S)c1=O.CN(C)CCCCNc1c(C(C)(C)C)c(=S)c1=O.CN(CCCCN)c1c(C(C)(C)C)c(=S)c1=O.CNCCCCN(C)c1c(C(C)(C)C)c(=S)c1=O.CNCCCCNc1c(C(C)(C)C)c(=S)c1=O. The first kappa shape index (κ1) is 83.3. The maximum absolute atomic E-state index is 11.9. The minimum Gasteiger partial charge on any atom is -0.382 e. The van der Waals surface area contributed by atoms with E-state index in [0.717, 1.165) is 186 Å². The van der Waals surface area contributed by atoms with Crippen LogP contribution >= 0.6 is 61.1 Å². The molecular weight excluding hydrogens is 1210 g/mol. The number of nitrogens with two attached hydrogens (primary N) is 1. The second kappa shape index (κ2) is 37.9. The number of hydrogen-bond acceptors (Lipinski definition) is 20. The van der Waals surface area contributed by atoms with Crippen molar-refractivity contribution >= 4 is 89.5 Å². The Bertz CT molecular complexity index is 3330. The fraction of sp³-hybridized carbons (Fsp3) is 0.710. The van der Waals surface area contributed by atoms with E-state index in [1.165, 1.54) is 0 Å². The maximum Gasteiger partial charge on any atom is 0.220 e. The first-order chi connectivity index (χ1) is 41.0. The third-order valence-corrected chi connectivity index (χ3v) is 17.4. The van der Waals surface area contributed by atoms with Gasteiger partial charge in [0.05, 0.1) is 51.0 Å². The molecule has 0 aliphatic rings. The van der Waals surface area contributed by atoms with E-state index in [4.69, 9.17) is 66.8 Å². The first-order valence-electron chi connectivity index (χ1n) is 32.2. The molecule has 7 N–H and O–H groups in total. The molecular formula is C69H118N10O5S5. The normalized spacial score (nSPS) is 12.2. The smallest absolute Gasteiger partial charge is 0.220 e. The molecule has 0 saturated carbocycles. The van der Waals surface area contributed by atoms with Crippen molar-refractivity contribution in [1.29, 1.82) is 0 Å². The summed E-state index contributed by atoms with van der Waals surface area (Å²) in [5.74, 6) is 0. The highest BCUT2D eigenvalue weighted by Crippen LogP contribution is 2.36. The van der Waals surface area contributed by atoms with Crippen molar-refractivity contribution in [3.63, 3.8) is 0 Å². The van der Waals surface area contributed by atoms with Crippen molar-refractivity contribution in [2.45, 2.75) is 202 Å². The molecule has 0 fully saturated rings. The predicted molar refractivity (Wildman–Crippen MR) is 400 cm³/mol. The van der Waals surface area contributed by atoms with Crippen LogP contribution in [-0.2, 0) is 27.1 Å². The van der Waals surface area contributed by atoms with E-state index >= 15 is 0 Å². The van der Waals surface area contributed by atoms with Gasteiger partial charge in [-0.1, -0.05) is 172 Å². The van der Waals surface area contributed by atoms with Crippen LogP contribution in [0.2, 0.25) is 0 Å². The van der Waals surface area contributed by atoms with Crippen molar-refractivity contribution < 1.29 is 0 Å². The van der Waals surface area contributed by atoms with Crippen LogP contribution in [0.25, 0.3) is 0 Å². The van der Waals surface area contributed by atoms with Gasteiger partial charge in [-0.25, -0.2) is 0 Å². The molecule has 0 unspecified atom stereocenters. The number of hydrogen-bond donors (Lipinski definition) is 6. The molecule has 0 heterocycles. The third-order valence-electron chi connectivity index (χ3n) is 15.4.